The fraction of sp³-hybridized carbons (Fsp3) is 0.545. The molecule has 0 radical (unpaired) electrons. The van der Waals surface area contributed by atoms with E-state index in [0.29, 0.717) is 12.1 Å². The molecule has 88 valence electrons. The molecule has 0 spiro atoms. The Bertz CT molecular complexity index is 385. The summed E-state index contributed by atoms with van der Waals surface area (Å²) in [6.07, 6.45) is 1.15. The molecule has 0 bridgehead atoms. The van der Waals surface area contributed by atoms with E-state index >= 15 is 0 Å². The summed E-state index contributed by atoms with van der Waals surface area (Å²) in [4.78, 5) is 14.1. The summed E-state index contributed by atoms with van der Waals surface area (Å²) in [5.74, 6) is 0. The van der Waals surface area contributed by atoms with Gasteiger partial charge in [-0.1, -0.05) is 20.8 Å². The monoisotopic (exact) mass is 224 g/mol. The first-order valence-electron chi connectivity index (χ1n) is 5.08. The van der Waals surface area contributed by atoms with E-state index < -0.39 is 11.0 Å². The lowest BCUT2D eigenvalue weighted by atomic mass is 9.86. The second-order valence-corrected chi connectivity index (χ2v) is 4.85. The molecule has 0 aliphatic carbocycles. The fourth-order valence-corrected chi connectivity index (χ4v) is 1.19. The molecule has 0 aliphatic rings. The molecule has 1 atom stereocenters. The lowest BCUT2D eigenvalue weighted by molar-refractivity contribution is -0.385. The van der Waals surface area contributed by atoms with Gasteiger partial charge in [0.05, 0.1) is 11.0 Å². The van der Waals surface area contributed by atoms with Crippen LogP contribution in [0.15, 0.2) is 18.3 Å². The minimum absolute atomic E-state index is 0.00566. The standard InChI is InChI=1S/C11H16N2O3/c1-11(2,3)10(14)7-8-6-9(13(15)16)4-5-12-8/h4-6,10,14H,7H2,1-3H3. The molecule has 0 amide bonds. The molecule has 5 nitrogen and oxygen atoms in total. The minimum Gasteiger partial charge on any atom is -0.392 e. The third-order valence-corrected chi connectivity index (χ3v) is 2.41. The zero-order valence-electron chi connectivity index (χ0n) is 9.67. The third kappa shape index (κ3) is 3.27. The predicted octanol–water partition coefficient (Wildman–Crippen LogP) is 1.94. The Morgan fingerprint density at radius 3 is 2.69 bits per heavy atom. The van der Waals surface area contributed by atoms with Gasteiger partial charge >= 0.3 is 0 Å². The maximum atomic E-state index is 10.6. The van der Waals surface area contributed by atoms with Gasteiger partial charge in [0, 0.05) is 30.4 Å². The average molecular weight is 224 g/mol. The smallest absolute Gasteiger partial charge is 0.272 e. The molecule has 1 N–H and O–H groups in total. The first kappa shape index (κ1) is 12.6. The van der Waals surface area contributed by atoms with Crippen molar-refractivity contribution >= 4 is 5.69 Å². The van der Waals surface area contributed by atoms with E-state index in [-0.39, 0.29) is 11.1 Å². The number of aromatic nitrogens is 1. The molecule has 1 heterocycles. The van der Waals surface area contributed by atoms with Gasteiger partial charge in [-0.3, -0.25) is 15.1 Å². The van der Waals surface area contributed by atoms with E-state index in [9.17, 15) is 15.2 Å². The molecule has 0 saturated carbocycles. The van der Waals surface area contributed by atoms with Crippen LogP contribution in [0.3, 0.4) is 0 Å². The molecule has 0 fully saturated rings. The first-order valence-corrected chi connectivity index (χ1v) is 5.08. The summed E-state index contributed by atoms with van der Waals surface area (Å²) in [7, 11) is 0. The Labute approximate surface area is 94.3 Å². The summed E-state index contributed by atoms with van der Waals surface area (Å²) >= 11 is 0. The molecule has 16 heavy (non-hydrogen) atoms. The molecule has 1 unspecified atom stereocenters. The van der Waals surface area contributed by atoms with Crippen molar-refractivity contribution in [3.8, 4) is 0 Å². The van der Waals surface area contributed by atoms with Crippen LogP contribution in [0.25, 0.3) is 0 Å². The molecular formula is C11H16N2O3. The van der Waals surface area contributed by atoms with Crippen molar-refractivity contribution < 1.29 is 10.0 Å². The van der Waals surface area contributed by atoms with Crippen LogP contribution in [0.1, 0.15) is 26.5 Å². The summed E-state index contributed by atoms with van der Waals surface area (Å²) in [6, 6.07) is 2.74. The predicted molar refractivity (Wildman–Crippen MR) is 60.1 cm³/mol. The highest BCUT2D eigenvalue weighted by atomic mass is 16.6. The summed E-state index contributed by atoms with van der Waals surface area (Å²) < 4.78 is 0. The van der Waals surface area contributed by atoms with Gasteiger partial charge in [-0.15, -0.1) is 0 Å². The van der Waals surface area contributed by atoms with Gasteiger partial charge < -0.3 is 5.11 Å². The molecule has 1 rings (SSSR count). The number of aliphatic hydroxyl groups is 1. The van der Waals surface area contributed by atoms with E-state index in [1.54, 1.807) is 0 Å². The number of rotatable bonds is 3. The lowest BCUT2D eigenvalue weighted by Crippen LogP contribution is -2.28. The largest absolute Gasteiger partial charge is 0.392 e. The van der Waals surface area contributed by atoms with Gasteiger partial charge in [0.2, 0.25) is 0 Å². The van der Waals surface area contributed by atoms with Crippen molar-refractivity contribution in [3.05, 3.63) is 34.1 Å². The molecular weight excluding hydrogens is 208 g/mol. The number of aliphatic hydroxyl groups excluding tert-OH is 1. The molecule has 0 saturated heterocycles. The lowest BCUT2D eigenvalue weighted by Gasteiger charge is -2.25. The number of nitrogens with zero attached hydrogens (tertiary/aromatic N) is 2. The van der Waals surface area contributed by atoms with Crippen LogP contribution in [-0.4, -0.2) is 21.1 Å². The quantitative estimate of drug-likeness (QED) is 0.628. The highest BCUT2D eigenvalue weighted by Crippen LogP contribution is 2.22. The van der Waals surface area contributed by atoms with E-state index in [4.69, 9.17) is 0 Å². The SMILES string of the molecule is CC(C)(C)C(O)Cc1cc([N+](=O)[O-])ccn1. The molecule has 1 aromatic heterocycles. The van der Waals surface area contributed by atoms with Crippen LogP contribution in [0.5, 0.6) is 0 Å². The summed E-state index contributed by atoms with van der Waals surface area (Å²) in [5.41, 5.74) is 0.287. The Balaban J connectivity index is 2.82. The average Bonchev–Trinajstić information content (AvgIpc) is 2.16. The minimum atomic E-state index is -0.568. The second-order valence-electron chi connectivity index (χ2n) is 4.85. The van der Waals surface area contributed by atoms with Crippen LogP contribution in [0, 0.1) is 15.5 Å². The van der Waals surface area contributed by atoms with Gasteiger partial charge in [0.1, 0.15) is 0 Å². The van der Waals surface area contributed by atoms with Crippen molar-refractivity contribution in [2.45, 2.75) is 33.3 Å². The van der Waals surface area contributed by atoms with Crippen LogP contribution < -0.4 is 0 Å². The van der Waals surface area contributed by atoms with E-state index in [1.807, 2.05) is 20.8 Å². The molecule has 1 aromatic rings. The maximum Gasteiger partial charge on any atom is 0.272 e. The Kier molecular flexibility index (Phi) is 3.59. The summed E-state index contributed by atoms with van der Waals surface area (Å²) in [5, 5.41) is 20.4. The van der Waals surface area contributed by atoms with Gasteiger partial charge in [-0.25, -0.2) is 0 Å². The van der Waals surface area contributed by atoms with Gasteiger partial charge in [-0.2, -0.15) is 0 Å². The number of pyridine rings is 1. The van der Waals surface area contributed by atoms with Crippen molar-refractivity contribution in [2.24, 2.45) is 5.41 Å². The number of hydrogen-bond donors (Lipinski definition) is 1. The number of nitro groups is 1. The van der Waals surface area contributed by atoms with Crippen LogP contribution in [0.2, 0.25) is 0 Å². The summed E-state index contributed by atoms with van der Waals surface area (Å²) in [6.45, 7) is 5.74. The Morgan fingerprint density at radius 2 is 2.19 bits per heavy atom. The Hall–Kier alpha value is -1.49. The van der Waals surface area contributed by atoms with Crippen LogP contribution >= 0.6 is 0 Å². The molecule has 5 heteroatoms. The van der Waals surface area contributed by atoms with Crippen LogP contribution in [0.4, 0.5) is 5.69 Å². The zero-order chi connectivity index (χ0) is 12.3. The second kappa shape index (κ2) is 4.57. The normalized spacial score (nSPS) is 13.5. The van der Waals surface area contributed by atoms with Crippen molar-refractivity contribution in [1.29, 1.82) is 0 Å². The van der Waals surface area contributed by atoms with E-state index in [0.717, 1.165) is 0 Å². The topological polar surface area (TPSA) is 76.3 Å². The zero-order valence-corrected chi connectivity index (χ0v) is 9.67. The number of hydrogen-bond acceptors (Lipinski definition) is 4. The van der Waals surface area contributed by atoms with Gasteiger partial charge in [0.15, 0.2) is 0 Å². The van der Waals surface area contributed by atoms with Crippen molar-refractivity contribution in [1.82, 2.24) is 4.98 Å². The third-order valence-electron chi connectivity index (χ3n) is 2.41. The molecule has 0 aliphatic heterocycles. The maximum absolute atomic E-state index is 10.6. The van der Waals surface area contributed by atoms with E-state index in [2.05, 4.69) is 4.98 Å². The fourth-order valence-electron chi connectivity index (χ4n) is 1.19. The highest BCUT2D eigenvalue weighted by Gasteiger charge is 2.23. The first-order chi connectivity index (χ1) is 7.30. The van der Waals surface area contributed by atoms with Crippen molar-refractivity contribution in [2.75, 3.05) is 0 Å². The Morgan fingerprint density at radius 1 is 1.56 bits per heavy atom. The highest BCUT2D eigenvalue weighted by molar-refractivity contribution is 5.29. The van der Waals surface area contributed by atoms with E-state index in [1.165, 1.54) is 18.3 Å². The van der Waals surface area contributed by atoms with Gasteiger partial charge in [0.25, 0.3) is 5.69 Å². The van der Waals surface area contributed by atoms with Crippen molar-refractivity contribution in [3.63, 3.8) is 0 Å². The molecule has 0 aromatic carbocycles. The van der Waals surface area contributed by atoms with Gasteiger partial charge in [-0.05, 0) is 5.41 Å². The van der Waals surface area contributed by atoms with Crippen LogP contribution in [-0.2, 0) is 6.42 Å².